The molecule has 0 saturated carbocycles. The van der Waals surface area contributed by atoms with Gasteiger partial charge >= 0.3 is 6.18 Å². The van der Waals surface area contributed by atoms with Crippen molar-refractivity contribution in [3.8, 4) is 0 Å². The van der Waals surface area contributed by atoms with Gasteiger partial charge in [-0.3, -0.25) is 0 Å². The van der Waals surface area contributed by atoms with E-state index in [4.69, 9.17) is 0 Å². The van der Waals surface area contributed by atoms with Crippen molar-refractivity contribution < 1.29 is 27.4 Å². The van der Waals surface area contributed by atoms with Gasteiger partial charge in [-0.2, -0.15) is 18.1 Å². The first-order valence-electron chi connectivity index (χ1n) is 2.35. The van der Waals surface area contributed by atoms with Gasteiger partial charge in [0.1, 0.15) is 6.61 Å². The van der Waals surface area contributed by atoms with Gasteiger partial charge in [-0.25, -0.2) is 0 Å². The van der Waals surface area contributed by atoms with E-state index in [-0.39, 0.29) is 0 Å². The lowest BCUT2D eigenvalue weighted by atomic mass is 10.4. The second-order valence-corrected chi connectivity index (χ2v) is 1.54. The normalized spacial score (nSPS) is 15.3. The van der Waals surface area contributed by atoms with Crippen LogP contribution >= 0.6 is 0 Å². The molecule has 0 fully saturated rings. The molecule has 0 bridgehead atoms. The summed E-state index contributed by atoms with van der Waals surface area (Å²) in [4.78, 5) is 2.78. The van der Waals surface area contributed by atoms with Gasteiger partial charge in [-0.1, -0.05) is 0 Å². The van der Waals surface area contributed by atoms with E-state index < -0.39 is 18.9 Å². The lowest BCUT2D eigenvalue weighted by molar-refractivity contribution is -0.256. The van der Waals surface area contributed by atoms with Gasteiger partial charge in [0.2, 0.25) is 0 Å². The number of rotatable bonds is 3. The third-order valence-electron chi connectivity index (χ3n) is 0.864. The predicted molar refractivity (Wildman–Crippen MR) is 23.9 cm³/mol. The highest BCUT2D eigenvalue weighted by molar-refractivity contribution is 4.64. The van der Waals surface area contributed by atoms with Gasteiger partial charge in [-0.05, 0) is 4.53 Å². The number of halogens is 4. The summed E-state index contributed by atoms with van der Waals surface area (Å²) in [6.07, 6.45) is -6.75. The average Bonchev–Trinajstić information content (AvgIpc) is 1.80. The molecular formula is C4H6F4O2. The average molecular weight is 162 g/mol. The molecule has 0 spiro atoms. The molecule has 0 rings (SSSR count). The van der Waals surface area contributed by atoms with E-state index in [0.717, 1.165) is 7.11 Å². The molecular weight excluding hydrogens is 156 g/mol. The summed E-state index contributed by atoms with van der Waals surface area (Å²) in [5.41, 5.74) is 0. The topological polar surface area (TPSA) is 18.5 Å². The van der Waals surface area contributed by atoms with Crippen molar-refractivity contribution in [2.24, 2.45) is 0 Å². The van der Waals surface area contributed by atoms with E-state index in [2.05, 4.69) is 9.68 Å². The van der Waals surface area contributed by atoms with Crippen molar-refractivity contribution in [3.05, 3.63) is 0 Å². The maximum Gasteiger partial charge on any atom is 0.417 e. The molecule has 62 valence electrons. The number of ether oxygens (including phenoxy) is 1. The summed E-state index contributed by atoms with van der Waals surface area (Å²) in [5, 5.41) is 0. The number of alkyl halides is 3. The van der Waals surface area contributed by atoms with Crippen molar-refractivity contribution in [2.45, 2.75) is 12.3 Å². The molecule has 0 heterocycles. The van der Waals surface area contributed by atoms with Crippen LogP contribution in [0.5, 0.6) is 0 Å². The summed E-state index contributed by atoms with van der Waals surface area (Å²) in [6, 6.07) is 0. The van der Waals surface area contributed by atoms with E-state index in [1.54, 1.807) is 0 Å². The highest BCUT2D eigenvalue weighted by Crippen LogP contribution is 2.22. The molecule has 0 aliphatic carbocycles. The summed E-state index contributed by atoms with van der Waals surface area (Å²) >= 11 is 0. The molecule has 1 atom stereocenters. The fourth-order valence-corrected chi connectivity index (χ4v) is 0.353. The van der Waals surface area contributed by atoms with Crippen LogP contribution in [0.4, 0.5) is 17.7 Å². The van der Waals surface area contributed by atoms with Crippen LogP contribution in [0.1, 0.15) is 0 Å². The number of methoxy groups -OCH3 is 1. The first kappa shape index (κ1) is 9.64. The van der Waals surface area contributed by atoms with Crippen molar-refractivity contribution in [1.82, 2.24) is 0 Å². The van der Waals surface area contributed by atoms with E-state index in [0.29, 0.717) is 0 Å². The second-order valence-electron chi connectivity index (χ2n) is 1.54. The van der Waals surface area contributed by atoms with Gasteiger partial charge in [0.05, 0.1) is 0 Å². The van der Waals surface area contributed by atoms with Crippen molar-refractivity contribution >= 4 is 0 Å². The Bertz CT molecular complexity index is 91.7. The predicted octanol–water partition coefficient (Wildman–Crippen LogP) is 1.46. The third kappa shape index (κ3) is 2.98. The summed E-state index contributed by atoms with van der Waals surface area (Å²) < 4.78 is 49.4. The molecule has 0 radical (unpaired) electrons. The van der Waals surface area contributed by atoms with Crippen molar-refractivity contribution in [3.63, 3.8) is 0 Å². The molecule has 0 aromatic heterocycles. The van der Waals surface area contributed by atoms with Crippen molar-refractivity contribution in [1.29, 1.82) is 0 Å². The Labute approximate surface area is 54.6 Å². The van der Waals surface area contributed by atoms with E-state index >= 15 is 0 Å². The Kier molecular flexibility index (Phi) is 3.59. The van der Waals surface area contributed by atoms with Crippen LogP contribution in [0, 0.1) is 0 Å². The fourth-order valence-electron chi connectivity index (χ4n) is 0.353. The largest absolute Gasteiger partial charge is 0.417 e. The summed E-state index contributed by atoms with van der Waals surface area (Å²) in [5.74, 6) is 0. The van der Waals surface area contributed by atoms with Crippen molar-refractivity contribution in [2.75, 3.05) is 13.7 Å². The highest BCUT2D eigenvalue weighted by Gasteiger charge is 2.40. The first-order chi connectivity index (χ1) is 4.52. The maximum absolute atomic E-state index is 11.5. The standard InChI is InChI=1S/C4H6F4O2/c1-9-3(2-10-8)4(5,6)7/h3H,2H2,1H3. The Balaban J connectivity index is 3.81. The first-order valence-corrected chi connectivity index (χ1v) is 2.35. The molecule has 6 heteroatoms. The molecule has 10 heavy (non-hydrogen) atoms. The minimum atomic E-state index is -4.57. The summed E-state index contributed by atoms with van der Waals surface area (Å²) in [7, 11) is 0.831. The van der Waals surface area contributed by atoms with Crippen LogP contribution in [0.25, 0.3) is 0 Å². The fraction of sp³-hybridized carbons (Fsp3) is 1.00. The molecule has 0 aromatic rings. The Morgan fingerprint density at radius 3 is 2.00 bits per heavy atom. The van der Waals surface area contributed by atoms with E-state index in [1.807, 2.05) is 0 Å². The molecule has 0 aliphatic heterocycles. The van der Waals surface area contributed by atoms with Gasteiger partial charge in [-0.15, -0.1) is 0 Å². The number of hydrogen-bond acceptors (Lipinski definition) is 2. The smallest absolute Gasteiger partial charge is 0.369 e. The van der Waals surface area contributed by atoms with Crippen LogP contribution in [0.15, 0.2) is 0 Å². The lowest BCUT2D eigenvalue weighted by Crippen LogP contribution is -2.34. The minimum Gasteiger partial charge on any atom is -0.369 e. The van der Waals surface area contributed by atoms with Crippen LogP contribution in [0.3, 0.4) is 0 Å². The van der Waals surface area contributed by atoms with Gasteiger partial charge in [0.25, 0.3) is 0 Å². The quantitative estimate of drug-likeness (QED) is 0.585. The Morgan fingerprint density at radius 1 is 1.40 bits per heavy atom. The maximum atomic E-state index is 11.5. The molecule has 2 nitrogen and oxygen atoms in total. The van der Waals surface area contributed by atoms with Gasteiger partial charge < -0.3 is 4.74 Å². The lowest BCUT2D eigenvalue weighted by Gasteiger charge is -2.15. The monoisotopic (exact) mass is 162 g/mol. The van der Waals surface area contributed by atoms with Crippen LogP contribution in [0.2, 0.25) is 0 Å². The Hall–Kier alpha value is -0.360. The molecule has 1 unspecified atom stereocenters. The molecule has 0 aromatic carbocycles. The van der Waals surface area contributed by atoms with Crippen LogP contribution in [-0.4, -0.2) is 26.0 Å². The van der Waals surface area contributed by atoms with Crippen LogP contribution in [-0.2, 0) is 9.68 Å². The van der Waals surface area contributed by atoms with E-state index in [9.17, 15) is 17.7 Å². The van der Waals surface area contributed by atoms with Gasteiger partial charge in [0.15, 0.2) is 6.10 Å². The molecule has 0 N–H and O–H groups in total. The molecule has 0 aliphatic rings. The zero-order valence-electron chi connectivity index (χ0n) is 5.11. The third-order valence-corrected chi connectivity index (χ3v) is 0.864. The van der Waals surface area contributed by atoms with E-state index in [1.165, 1.54) is 0 Å². The highest BCUT2D eigenvalue weighted by atomic mass is 19.4. The second kappa shape index (κ2) is 3.72. The van der Waals surface area contributed by atoms with Gasteiger partial charge in [0, 0.05) is 7.11 Å². The minimum absolute atomic E-state index is 0.831. The molecule has 0 amide bonds. The zero-order chi connectivity index (χ0) is 8.20. The zero-order valence-corrected chi connectivity index (χ0v) is 5.11. The number of hydrogen-bond donors (Lipinski definition) is 0. The SMILES string of the molecule is COC(COF)C(F)(F)F. The summed E-state index contributed by atoms with van der Waals surface area (Å²) in [6.45, 7) is -1.12. The molecule has 0 saturated heterocycles. The van der Waals surface area contributed by atoms with Crippen LogP contribution < -0.4 is 0 Å². The Morgan fingerprint density at radius 2 is 1.90 bits per heavy atom.